The Morgan fingerprint density at radius 2 is 1.65 bits per heavy atom. The van der Waals surface area contributed by atoms with E-state index in [1.807, 2.05) is 0 Å². The third kappa shape index (κ3) is 10.2. The summed E-state index contributed by atoms with van der Waals surface area (Å²) in [7, 11) is 0. The molecule has 4 amide bonds. The number of nitrogens with two attached hydrogens (primary N) is 3. The molecule has 1 aromatic rings. The second-order valence-electron chi connectivity index (χ2n) is 7.55. The number of aliphatic carboxylic acids is 1. The number of aromatic amines is 1. The first-order valence-corrected chi connectivity index (χ1v) is 11.2. The lowest BCUT2D eigenvalue weighted by Gasteiger charge is -2.24. The Morgan fingerprint density at radius 1 is 1.03 bits per heavy atom. The molecule has 4 unspecified atom stereocenters. The monoisotopic (exact) mass is 500 g/mol. The highest BCUT2D eigenvalue weighted by atomic mass is 32.1. The van der Waals surface area contributed by atoms with E-state index in [0.29, 0.717) is 25.1 Å². The maximum atomic E-state index is 12.9. The van der Waals surface area contributed by atoms with E-state index >= 15 is 0 Å². The van der Waals surface area contributed by atoms with Crippen molar-refractivity contribution in [1.82, 2.24) is 25.9 Å². The van der Waals surface area contributed by atoms with Gasteiger partial charge in [0, 0.05) is 24.1 Å². The highest BCUT2D eigenvalue weighted by Crippen LogP contribution is 2.05. The van der Waals surface area contributed by atoms with E-state index < -0.39 is 60.2 Å². The fourth-order valence-electron chi connectivity index (χ4n) is 2.91. The molecular formula is C19H32N8O6S. The molecular weight excluding hydrogens is 468 g/mol. The molecule has 0 radical (unpaired) electrons. The molecule has 4 atom stereocenters. The van der Waals surface area contributed by atoms with Gasteiger partial charge >= 0.3 is 5.97 Å². The van der Waals surface area contributed by atoms with E-state index in [1.54, 1.807) is 0 Å². The Labute approximate surface area is 201 Å². The number of aromatic nitrogens is 2. The molecule has 14 nitrogen and oxygen atoms in total. The summed E-state index contributed by atoms with van der Waals surface area (Å²) in [6, 6.07) is -4.79. The molecule has 0 saturated heterocycles. The molecule has 0 spiro atoms. The Kier molecular flexibility index (Phi) is 12.6. The Bertz CT molecular complexity index is 837. The van der Waals surface area contributed by atoms with Gasteiger partial charge in [-0.25, -0.2) is 9.78 Å². The summed E-state index contributed by atoms with van der Waals surface area (Å²) in [5.74, 6) is -4.71. The summed E-state index contributed by atoms with van der Waals surface area (Å²) in [5, 5.41) is 16.3. The number of carboxylic acids is 1. The van der Waals surface area contributed by atoms with E-state index in [0.717, 1.165) is 0 Å². The van der Waals surface area contributed by atoms with Crippen LogP contribution in [0.3, 0.4) is 0 Å². The van der Waals surface area contributed by atoms with Gasteiger partial charge in [-0.05, 0) is 25.8 Å². The van der Waals surface area contributed by atoms with Gasteiger partial charge in [-0.1, -0.05) is 0 Å². The van der Waals surface area contributed by atoms with Crippen molar-refractivity contribution < 1.29 is 29.1 Å². The number of carbonyl (C=O) groups is 5. The molecule has 15 heteroatoms. The van der Waals surface area contributed by atoms with E-state index in [9.17, 15) is 24.0 Å². The van der Waals surface area contributed by atoms with E-state index in [1.165, 1.54) is 12.5 Å². The van der Waals surface area contributed by atoms with Gasteiger partial charge in [0.1, 0.15) is 18.1 Å². The SMILES string of the molecule is NCCCCC(NC(=O)C(N)Cc1cnc[nH]1)C(=O)NC(CS)C(=O)NC(CC(N)=O)C(=O)O. The number of primary amides is 1. The smallest absolute Gasteiger partial charge is 0.326 e. The predicted octanol–water partition coefficient (Wildman–Crippen LogP) is -3.25. The van der Waals surface area contributed by atoms with Crippen LogP contribution in [-0.2, 0) is 30.4 Å². The first-order valence-electron chi connectivity index (χ1n) is 10.5. The van der Waals surface area contributed by atoms with Crippen molar-refractivity contribution >= 4 is 42.2 Å². The number of carbonyl (C=O) groups excluding carboxylic acids is 4. The highest BCUT2D eigenvalue weighted by molar-refractivity contribution is 7.80. The van der Waals surface area contributed by atoms with Crippen LogP contribution < -0.4 is 33.2 Å². The predicted molar refractivity (Wildman–Crippen MR) is 124 cm³/mol. The number of thiol groups is 1. The summed E-state index contributed by atoms with van der Waals surface area (Å²) in [5.41, 5.74) is 17.1. The quantitative estimate of drug-likeness (QED) is 0.0815. The van der Waals surface area contributed by atoms with Crippen molar-refractivity contribution in [3.63, 3.8) is 0 Å². The summed E-state index contributed by atoms with van der Waals surface area (Å²) in [6.07, 6.45) is 3.86. The number of hydrogen-bond acceptors (Lipinski definition) is 9. The minimum absolute atomic E-state index is 0.168. The molecule has 0 bridgehead atoms. The minimum Gasteiger partial charge on any atom is -0.480 e. The molecule has 34 heavy (non-hydrogen) atoms. The summed E-state index contributed by atoms with van der Waals surface area (Å²) < 4.78 is 0. The number of carboxylic acid groups (broad SMARTS) is 1. The maximum Gasteiger partial charge on any atom is 0.326 e. The first kappa shape index (κ1) is 28.9. The van der Waals surface area contributed by atoms with Gasteiger partial charge in [-0.3, -0.25) is 19.2 Å². The average molecular weight is 501 g/mol. The van der Waals surface area contributed by atoms with E-state index in [-0.39, 0.29) is 18.6 Å². The van der Waals surface area contributed by atoms with Crippen LogP contribution in [0.5, 0.6) is 0 Å². The van der Waals surface area contributed by atoms with Crippen LogP contribution in [0.4, 0.5) is 0 Å². The van der Waals surface area contributed by atoms with E-state index in [2.05, 4.69) is 38.5 Å². The summed E-state index contributed by atoms with van der Waals surface area (Å²) >= 11 is 4.03. The number of amides is 4. The van der Waals surface area contributed by atoms with Gasteiger partial charge in [-0.2, -0.15) is 12.6 Å². The van der Waals surface area contributed by atoms with Crippen molar-refractivity contribution in [2.75, 3.05) is 12.3 Å². The van der Waals surface area contributed by atoms with Crippen molar-refractivity contribution in [3.05, 3.63) is 18.2 Å². The standard InChI is InChI=1S/C19H32N8O6S/c20-4-2-1-3-12(25-16(29)11(21)5-10-7-23-9-24-10)17(30)27-14(8-34)18(31)26-13(19(32)33)6-15(22)28/h7,9,11-14,34H,1-6,8,20-21H2,(H2,22,28)(H,23,24)(H,25,29)(H,26,31)(H,27,30)(H,32,33). The molecule has 0 aliphatic heterocycles. The number of hydrogen-bond donors (Lipinski definition) is 9. The number of nitrogens with zero attached hydrogens (tertiary/aromatic N) is 1. The summed E-state index contributed by atoms with van der Waals surface area (Å²) in [4.78, 5) is 66.9. The second-order valence-corrected chi connectivity index (χ2v) is 7.91. The lowest BCUT2D eigenvalue weighted by atomic mass is 10.1. The van der Waals surface area contributed by atoms with Gasteiger partial charge < -0.3 is 43.2 Å². The van der Waals surface area contributed by atoms with Crippen LogP contribution in [0.25, 0.3) is 0 Å². The number of nitrogens with one attached hydrogen (secondary N) is 4. The first-order chi connectivity index (χ1) is 16.1. The van der Waals surface area contributed by atoms with Gasteiger partial charge in [0.15, 0.2) is 0 Å². The van der Waals surface area contributed by atoms with Crippen LogP contribution in [0.1, 0.15) is 31.4 Å². The lowest BCUT2D eigenvalue weighted by molar-refractivity contribution is -0.143. The largest absolute Gasteiger partial charge is 0.480 e. The molecule has 1 heterocycles. The molecule has 190 valence electrons. The summed E-state index contributed by atoms with van der Waals surface area (Å²) in [6.45, 7) is 0.389. The zero-order valence-corrected chi connectivity index (χ0v) is 19.4. The average Bonchev–Trinajstić information content (AvgIpc) is 3.28. The number of imidazole rings is 1. The lowest BCUT2D eigenvalue weighted by Crippen LogP contribution is -2.58. The molecule has 1 aromatic heterocycles. The third-order valence-electron chi connectivity index (χ3n) is 4.75. The zero-order valence-electron chi connectivity index (χ0n) is 18.5. The van der Waals surface area contributed by atoms with Crippen LogP contribution in [-0.4, -0.2) is 81.1 Å². The van der Waals surface area contributed by atoms with Crippen LogP contribution in [0.2, 0.25) is 0 Å². The van der Waals surface area contributed by atoms with Gasteiger partial charge in [-0.15, -0.1) is 0 Å². The molecule has 0 saturated carbocycles. The fraction of sp³-hybridized carbons (Fsp3) is 0.579. The zero-order chi connectivity index (χ0) is 25.7. The highest BCUT2D eigenvalue weighted by Gasteiger charge is 2.30. The second kappa shape index (κ2) is 14.9. The molecule has 0 aromatic carbocycles. The van der Waals surface area contributed by atoms with Crippen molar-refractivity contribution in [3.8, 4) is 0 Å². The van der Waals surface area contributed by atoms with Crippen molar-refractivity contribution in [1.29, 1.82) is 0 Å². The molecule has 0 fully saturated rings. The number of unbranched alkanes of at least 4 members (excludes halogenated alkanes) is 1. The number of rotatable bonds is 16. The maximum absolute atomic E-state index is 12.9. The minimum atomic E-state index is -1.56. The molecule has 0 aliphatic rings. The van der Waals surface area contributed by atoms with Gasteiger partial charge in [0.05, 0.1) is 18.8 Å². The van der Waals surface area contributed by atoms with Crippen LogP contribution in [0.15, 0.2) is 12.5 Å². The Hall–Kier alpha value is -3.17. The molecule has 1 rings (SSSR count). The van der Waals surface area contributed by atoms with Crippen molar-refractivity contribution in [2.24, 2.45) is 17.2 Å². The third-order valence-corrected chi connectivity index (χ3v) is 5.11. The topological polar surface area (TPSA) is 248 Å². The fourth-order valence-corrected chi connectivity index (χ4v) is 3.16. The molecule has 0 aliphatic carbocycles. The van der Waals surface area contributed by atoms with Crippen LogP contribution >= 0.6 is 12.6 Å². The van der Waals surface area contributed by atoms with Crippen molar-refractivity contribution in [2.45, 2.75) is 56.3 Å². The van der Waals surface area contributed by atoms with Crippen LogP contribution in [0, 0.1) is 0 Å². The van der Waals surface area contributed by atoms with E-state index in [4.69, 9.17) is 22.3 Å². The normalized spacial score (nSPS) is 14.3. The Morgan fingerprint density at radius 3 is 2.18 bits per heavy atom. The number of H-pyrrole nitrogens is 1. The Balaban J connectivity index is 2.83. The molecule has 11 N–H and O–H groups in total. The van der Waals surface area contributed by atoms with Gasteiger partial charge in [0.25, 0.3) is 0 Å². The van der Waals surface area contributed by atoms with Gasteiger partial charge in [0.2, 0.25) is 23.6 Å².